The molecule has 2 aromatic rings. The van der Waals surface area contributed by atoms with Crippen LogP contribution in [0.1, 0.15) is 51.7 Å². The third-order valence-corrected chi connectivity index (χ3v) is 6.79. The number of alkyl halides is 3. The fourth-order valence-corrected chi connectivity index (χ4v) is 5.03. The minimum absolute atomic E-state index is 0.0602. The lowest BCUT2D eigenvalue weighted by Gasteiger charge is -2.43. The van der Waals surface area contributed by atoms with Crippen molar-refractivity contribution in [2.45, 2.75) is 89.8 Å². The van der Waals surface area contributed by atoms with Crippen molar-refractivity contribution in [1.82, 2.24) is 5.32 Å². The molecule has 0 aromatic heterocycles. The molecular weight excluding hydrogens is 534 g/mol. The Bertz CT molecular complexity index is 1170. The van der Waals surface area contributed by atoms with Gasteiger partial charge in [-0.15, -0.1) is 13.2 Å². The average Bonchev–Trinajstić information content (AvgIpc) is 3.18. The number of carbonyl (C=O) groups is 1. The van der Waals surface area contributed by atoms with Gasteiger partial charge in [0.05, 0.1) is 25.4 Å². The standard InChI is InChI=1S/C29H35F4NO6/c1-18(2)15-34-26(35)28(37-17-20-9-5-6-11-22(20)30)13-23(25-24(14-28)39-27(3,4)40-25)36-16-19-8-7-10-21(12-19)38-29(31,32)33/h5-12,18,23-25H,13-17H2,1-4H3,(H,34,35)/t23-,24-,25+,28-/m1/s1. The number of hydrogen-bond acceptors (Lipinski definition) is 6. The molecule has 0 radical (unpaired) electrons. The van der Waals surface area contributed by atoms with Gasteiger partial charge in [-0.25, -0.2) is 4.39 Å². The normalized spacial score (nSPS) is 26.0. The lowest BCUT2D eigenvalue weighted by Crippen LogP contribution is -2.60. The molecule has 220 valence electrons. The molecule has 11 heteroatoms. The van der Waals surface area contributed by atoms with Crippen molar-refractivity contribution < 1.29 is 46.0 Å². The van der Waals surface area contributed by atoms with Gasteiger partial charge in [0, 0.05) is 24.9 Å². The van der Waals surface area contributed by atoms with Crippen molar-refractivity contribution in [3.8, 4) is 5.75 Å². The molecule has 1 N–H and O–H groups in total. The van der Waals surface area contributed by atoms with Crippen LogP contribution in [0.15, 0.2) is 48.5 Å². The molecule has 2 aromatic carbocycles. The van der Waals surface area contributed by atoms with Gasteiger partial charge in [-0.05, 0) is 43.5 Å². The van der Waals surface area contributed by atoms with Crippen LogP contribution in [-0.4, -0.2) is 48.5 Å². The highest BCUT2D eigenvalue weighted by atomic mass is 19.4. The van der Waals surface area contributed by atoms with Gasteiger partial charge < -0.3 is 29.0 Å². The van der Waals surface area contributed by atoms with Gasteiger partial charge in [0.2, 0.25) is 0 Å². The van der Waals surface area contributed by atoms with Crippen molar-refractivity contribution in [2.24, 2.45) is 5.92 Å². The molecule has 1 aliphatic heterocycles. The number of nitrogens with one attached hydrogen (secondary N) is 1. The van der Waals surface area contributed by atoms with Crippen LogP contribution in [0, 0.1) is 11.7 Å². The third kappa shape index (κ3) is 7.72. The summed E-state index contributed by atoms with van der Waals surface area (Å²) in [6, 6.07) is 11.6. The van der Waals surface area contributed by atoms with Crippen LogP contribution in [-0.2, 0) is 37.0 Å². The lowest BCUT2D eigenvalue weighted by atomic mass is 9.78. The van der Waals surface area contributed by atoms with Crippen molar-refractivity contribution in [1.29, 1.82) is 0 Å². The molecule has 7 nitrogen and oxygen atoms in total. The summed E-state index contributed by atoms with van der Waals surface area (Å²) in [4.78, 5) is 13.7. The van der Waals surface area contributed by atoms with Crippen molar-refractivity contribution in [3.63, 3.8) is 0 Å². The first kappa shape index (κ1) is 30.2. The molecule has 2 fully saturated rings. The van der Waals surface area contributed by atoms with E-state index in [1.54, 1.807) is 38.1 Å². The molecule has 0 unspecified atom stereocenters. The molecule has 40 heavy (non-hydrogen) atoms. The number of carbonyl (C=O) groups excluding carboxylic acids is 1. The number of fused-ring (bicyclic) bond motifs is 1. The minimum Gasteiger partial charge on any atom is -0.406 e. The Kier molecular flexibility index (Phi) is 9.08. The van der Waals surface area contributed by atoms with E-state index in [-0.39, 0.29) is 43.6 Å². The van der Waals surface area contributed by atoms with E-state index in [0.29, 0.717) is 17.7 Å². The topological polar surface area (TPSA) is 75.3 Å². The highest BCUT2D eigenvalue weighted by Crippen LogP contribution is 2.44. The van der Waals surface area contributed by atoms with Gasteiger partial charge in [-0.1, -0.05) is 44.2 Å². The van der Waals surface area contributed by atoms with Crippen LogP contribution in [0.25, 0.3) is 0 Å². The van der Waals surface area contributed by atoms with Crippen LogP contribution >= 0.6 is 0 Å². The number of rotatable bonds is 10. The first-order valence-corrected chi connectivity index (χ1v) is 13.2. The van der Waals surface area contributed by atoms with Gasteiger partial charge in [0.1, 0.15) is 17.7 Å². The fourth-order valence-electron chi connectivity index (χ4n) is 5.03. The highest BCUT2D eigenvalue weighted by molar-refractivity contribution is 5.85. The Morgan fingerprint density at radius 3 is 2.52 bits per heavy atom. The highest BCUT2D eigenvalue weighted by Gasteiger charge is 2.58. The molecule has 2 aliphatic rings. The molecule has 1 heterocycles. The zero-order chi connectivity index (χ0) is 29.1. The van der Waals surface area contributed by atoms with Crippen LogP contribution in [0.2, 0.25) is 0 Å². The molecule has 0 bridgehead atoms. The summed E-state index contributed by atoms with van der Waals surface area (Å²) in [6.07, 6.45) is -6.49. The lowest BCUT2D eigenvalue weighted by molar-refractivity contribution is -0.274. The van der Waals surface area contributed by atoms with E-state index in [1.807, 2.05) is 13.8 Å². The zero-order valence-electron chi connectivity index (χ0n) is 22.9. The van der Waals surface area contributed by atoms with E-state index in [0.717, 1.165) is 0 Å². The zero-order valence-corrected chi connectivity index (χ0v) is 22.9. The molecule has 1 saturated carbocycles. The Hall–Kier alpha value is -2.73. The van der Waals surface area contributed by atoms with Crippen molar-refractivity contribution in [3.05, 3.63) is 65.5 Å². The van der Waals surface area contributed by atoms with Crippen LogP contribution in [0.3, 0.4) is 0 Å². The van der Waals surface area contributed by atoms with E-state index >= 15 is 0 Å². The van der Waals surface area contributed by atoms with Gasteiger partial charge >= 0.3 is 6.36 Å². The van der Waals surface area contributed by atoms with Gasteiger partial charge in [0.25, 0.3) is 5.91 Å². The average molecular weight is 570 g/mol. The smallest absolute Gasteiger partial charge is 0.406 e. The summed E-state index contributed by atoms with van der Waals surface area (Å²) in [5, 5.41) is 2.94. The van der Waals surface area contributed by atoms with E-state index < -0.39 is 41.9 Å². The minimum atomic E-state index is -4.82. The molecule has 1 saturated heterocycles. The number of amides is 1. The quantitative estimate of drug-likeness (QED) is 0.373. The Morgan fingerprint density at radius 1 is 1.07 bits per heavy atom. The number of ether oxygens (including phenoxy) is 5. The molecule has 1 aliphatic carbocycles. The SMILES string of the molecule is CC(C)CNC(=O)[C@@]1(OCc2ccccc2F)C[C@@H](OCc2cccc(OC(F)(F)F)c2)[C@@H]2OC(C)(C)O[C@@H]2C1. The second kappa shape index (κ2) is 12.0. The fraction of sp³-hybridized carbons (Fsp3) is 0.552. The number of halogens is 4. The monoisotopic (exact) mass is 569 g/mol. The Balaban J connectivity index is 1.59. The molecule has 4 atom stereocenters. The summed E-state index contributed by atoms with van der Waals surface area (Å²) in [6.45, 7) is 7.59. The molecule has 0 spiro atoms. The van der Waals surface area contributed by atoms with Crippen molar-refractivity contribution in [2.75, 3.05) is 6.54 Å². The predicted octanol–water partition coefficient (Wildman–Crippen LogP) is 5.65. The first-order chi connectivity index (χ1) is 18.8. The summed E-state index contributed by atoms with van der Waals surface area (Å²) in [5.74, 6) is -1.99. The number of benzene rings is 2. The van der Waals surface area contributed by atoms with E-state index in [2.05, 4.69) is 10.1 Å². The third-order valence-electron chi connectivity index (χ3n) is 6.79. The molecule has 4 rings (SSSR count). The second-order valence-electron chi connectivity index (χ2n) is 11.1. The van der Waals surface area contributed by atoms with Gasteiger partial charge in [-0.3, -0.25) is 4.79 Å². The predicted molar refractivity (Wildman–Crippen MR) is 137 cm³/mol. The number of hydrogen-bond donors (Lipinski definition) is 1. The van der Waals surface area contributed by atoms with E-state index in [1.165, 1.54) is 24.3 Å². The summed E-state index contributed by atoms with van der Waals surface area (Å²) in [5.41, 5.74) is -0.707. The first-order valence-electron chi connectivity index (χ1n) is 13.2. The van der Waals surface area contributed by atoms with Crippen LogP contribution in [0.5, 0.6) is 5.75 Å². The van der Waals surface area contributed by atoms with E-state index in [4.69, 9.17) is 18.9 Å². The maximum atomic E-state index is 14.4. The summed E-state index contributed by atoms with van der Waals surface area (Å²) >= 11 is 0. The maximum absolute atomic E-state index is 14.4. The maximum Gasteiger partial charge on any atom is 0.573 e. The van der Waals surface area contributed by atoms with Crippen molar-refractivity contribution >= 4 is 5.91 Å². The largest absolute Gasteiger partial charge is 0.573 e. The second-order valence-corrected chi connectivity index (χ2v) is 11.1. The molecular formula is C29H35F4NO6. The Labute approximate surface area is 231 Å². The summed E-state index contributed by atoms with van der Waals surface area (Å²) < 4.78 is 81.3. The van der Waals surface area contributed by atoms with Gasteiger partial charge in [-0.2, -0.15) is 0 Å². The molecule has 1 amide bonds. The van der Waals surface area contributed by atoms with E-state index in [9.17, 15) is 22.4 Å². The Morgan fingerprint density at radius 2 is 1.82 bits per heavy atom. The van der Waals surface area contributed by atoms with Gasteiger partial charge in [0.15, 0.2) is 11.4 Å². The summed E-state index contributed by atoms with van der Waals surface area (Å²) in [7, 11) is 0. The van der Waals surface area contributed by atoms with Crippen LogP contribution < -0.4 is 10.1 Å². The van der Waals surface area contributed by atoms with Crippen LogP contribution in [0.4, 0.5) is 17.6 Å².